The number of carbonyl (C=O) groups excluding carboxylic acids is 2. The third kappa shape index (κ3) is 2.83. The molecule has 0 aromatic carbocycles. The van der Waals surface area contributed by atoms with E-state index in [9.17, 15) is 9.59 Å². The van der Waals surface area contributed by atoms with Crippen molar-refractivity contribution in [2.24, 2.45) is 23.7 Å². The Morgan fingerprint density at radius 1 is 1.29 bits per heavy atom. The van der Waals surface area contributed by atoms with Crippen molar-refractivity contribution >= 4 is 11.9 Å². The Labute approximate surface area is 143 Å². The monoisotopic (exact) mass is 330 g/mol. The Morgan fingerprint density at radius 2 is 2.00 bits per heavy atom. The predicted octanol–water partition coefficient (Wildman–Crippen LogP) is 3.58. The summed E-state index contributed by atoms with van der Waals surface area (Å²) in [5, 5.41) is 0. The number of rotatable bonds is 3. The van der Waals surface area contributed by atoms with Gasteiger partial charge in [0.15, 0.2) is 0 Å². The summed E-state index contributed by atoms with van der Waals surface area (Å²) in [4.78, 5) is 24.0. The molecule has 0 amide bonds. The van der Waals surface area contributed by atoms with Crippen LogP contribution in [0.15, 0.2) is 36.5 Å². The van der Waals surface area contributed by atoms with Crippen LogP contribution in [0.3, 0.4) is 0 Å². The molecule has 1 saturated heterocycles. The molecule has 0 aromatic rings. The van der Waals surface area contributed by atoms with Gasteiger partial charge in [0.2, 0.25) is 0 Å². The molecule has 4 heteroatoms. The Kier molecular flexibility index (Phi) is 4.41. The zero-order chi connectivity index (χ0) is 17.6. The SMILES string of the molecule is C=C1[C@@H]2[C@H]3OC(=O)C(=C)[C@@H]3CCC(=C)[C@@H]2C[C@@H]1OC(=O)CC(C)C. The van der Waals surface area contributed by atoms with E-state index in [1.807, 2.05) is 13.8 Å². The van der Waals surface area contributed by atoms with E-state index in [2.05, 4.69) is 19.7 Å². The number of allylic oxidation sites excluding steroid dienone is 1. The molecule has 2 aliphatic carbocycles. The summed E-state index contributed by atoms with van der Waals surface area (Å²) in [5.41, 5.74) is 2.56. The van der Waals surface area contributed by atoms with Gasteiger partial charge in [0.1, 0.15) is 12.2 Å². The van der Waals surface area contributed by atoms with Gasteiger partial charge in [0.05, 0.1) is 0 Å². The molecule has 4 nitrogen and oxygen atoms in total. The van der Waals surface area contributed by atoms with E-state index < -0.39 is 0 Å². The van der Waals surface area contributed by atoms with Gasteiger partial charge in [-0.15, -0.1) is 0 Å². The zero-order valence-electron chi connectivity index (χ0n) is 14.5. The van der Waals surface area contributed by atoms with Crippen LogP contribution in [-0.2, 0) is 19.1 Å². The van der Waals surface area contributed by atoms with Gasteiger partial charge in [-0.25, -0.2) is 4.79 Å². The molecule has 2 saturated carbocycles. The topological polar surface area (TPSA) is 52.6 Å². The second-order valence-electron chi connectivity index (χ2n) is 7.72. The number of fused-ring (bicyclic) bond motifs is 3. The molecular weight excluding hydrogens is 304 g/mol. The van der Waals surface area contributed by atoms with Gasteiger partial charge >= 0.3 is 11.9 Å². The summed E-state index contributed by atoms with van der Waals surface area (Å²) in [6.07, 6.45) is 2.23. The maximum Gasteiger partial charge on any atom is 0.334 e. The molecule has 3 fully saturated rings. The van der Waals surface area contributed by atoms with Gasteiger partial charge in [-0.2, -0.15) is 0 Å². The van der Waals surface area contributed by atoms with E-state index in [1.165, 1.54) is 0 Å². The predicted molar refractivity (Wildman–Crippen MR) is 91.0 cm³/mol. The molecule has 0 bridgehead atoms. The third-order valence-electron chi connectivity index (χ3n) is 5.60. The van der Waals surface area contributed by atoms with Gasteiger partial charge < -0.3 is 9.47 Å². The lowest BCUT2D eigenvalue weighted by Crippen LogP contribution is -2.29. The second kappa shape index (κ2) is 6.23. The summed E-state index contributed by atoms with van der Waals surface area (Å²) in [5.74, 6) is -0.0813. The Bertz CT molecular complexity index is 615. The van der Waals surface area contributed by atoms with Gasteiger partial charge in [-0.3, -0.25) is 4.79 Å². The van der Waals surface area contributed by atoms with E-state index in [4.69, 9.17) is 9.47 Å². The minimum absolute atomic E-state index is 0.0196. The highest BCUT2D eigenvalue weighted by atomic mass is 16.6. The molecule has 3 rings (SSSR count). The van der Waals surface area contributed by atoms with Crippen LogP contribution in [0.1, 0.15) is 39.5 Å². The molecule has 0 spiro atoms. The highest BCUT2D eigenvalue weighted by Gasteiger charge is 2.53. The fourth-order valence-electron chi connectivity index (χ4n) is 4.35. The first-order valence-corrected chi connectivity index (χ1v) is 8.75. The summed E-state index contributed by atoms with van der Waals surface area (Å²) in [6, 6.07) is 0. The largest absolute Gasteiger partial charge is 0.458 e. The average Bonchev–Trinajstić information content (AvgIpc) is 2.89. The quantitative estimate of drug-likeness (QED) is 0.451. The number of carbonyl (C=O) groups is 2. The molecule has 0 N–H and O–H groups in total. The molecule has 1 heterocycles. The smallest absolute Gasteiger partial charge is 0.334 e. The number of ether oxygens (including phenoxy) is 2. The Morgan fingerprint density at radius 3 is 2.67 bits per heavy atom. The third-order valence-corrected chi connectivity index (χ3v) is 5.60. The van der Waals surface area contributed by atoms with Crippen LogP contribution < -0.4 is 0 Å². The highest BCUT2D eigenvalue weighted by Crippen LogP contribution is 2.52. The maximum absolute atomic E-state index is 12.1. The van der Waals surface area contributed by atoms with Crippen molar-refractivity contribution in [3.8, 4) is 0 Å². The Balaban J connectivity index is 1.81. The van der Waals surface area contributed by atoms with Gasteiger partial charge in [-0.05, 0) is 36.7 Å². The maximum atomic E-state index is 12.1. The van der Waals surface area contributed by atoms with Crippen molar-refractivity contribution in [2.45, 2.75) is 51.7 Å². The molecule has 0 unspecified atom stereocenters. The van der Waals surface area contributed by atoms with Crippen LogP contribution in [0.4, 0.5) is 0 Å². The van der Waals surface area contributed by atoms with Crippen LogP contribution in [0, 0.1) is 23.7 Å². The van der Waals surface area contributed by atoms with Crippen LogP contribution in [0.2, 0.25) is 0 Å². The minimum Gasteiger partial charge on any atom is -0.458 e. The van der Waals surface area contributed by atoms with E-state index >= 15 is 0 Å². The molecule has 5 atom stereocenters. The number of hydrogen-bond donors (Lipinski definition) is 0. The first-order chi connectivity index (χ1) is 11.3. The summed E-state index contributed by atoms with van der Waals surface area (Å²) >= 11 is 0. The lowest BCUT2D eigenvalue weighted by Gasteiger charge is -2.26. The molecule has 130 valence electrons. The standard InChI is InChI=1S/C20H26O4/c1-10(2)8-17(21)23-16-9-15-11(3)6-7-14-12(4)20(22)24-19(14)18(15)13(16)5/h10,14-16,18-19H,3-9H2,1-2H3/t14-,15-,16-,18-,19-/m0/s1. The molecule has 3 aliphatic rings. The number of hydrogen-bond acceptors (Lipinski definition) is 4. The van der Waals surface area contributed by atoms with E-state index in [1.54, 1.807) is 0 Å². The summed E-state index contributed by atoms with van der Waals surface area (Å²) < 4.78 is 11.3. The van der Waals surface area contributed by atoms with Crippen molar-refractivity contribution < 1.29 is 19.1 Å². The Hall–Kier alpha value is -1.84. The summed E-state index contributed by atoms with van der Waals surface area (Å²) in [6.45, 7) is 16.3. The highest BCUT2D eigenvalue weighted by molar-refractivity contribution is 5.91. The van der Waals surface area contributed by atoms with E-state index in [0.717, 1.165) is 24.0 Å². The fraction of sp³-hybridized carbons (Fsp3) is 0.600. The zero-order valence-corrected chi connectivity index (χ0v) is 14.5. The summed E-state index contributed by atoms with van der Waals surface area (Å²) in [7, 11) is 0. The van der Waals surface area contributed by atoms with Crippen LogP contribution in [-0.4, -0.2) is 24.1 Å². The molecule has 24 heavy (non-hydrogen) atoms. The lowest BCUT2D eigenvalue weighted by molar-refractivity contribution is -0.148. The van der Waals surface area contributed by atoms with Crippen LogP contribution >= 0.6 is 0 Å². The van der Waals surface area contributed by atoms with Crippen molar-refractivity contribution in [3.05, 3.63) is 36.5 Å². The van der Waals surface area contributed by atoms with Gasteiger partial charge in [0, 0.05) is 23.8 Å². The molecule has 0 radical (unpaired) electrons. The van der Waals surface area contributed by atoms with E-state index in [0.29, 0.717) is 18.4 Å². The minimum atomic E-state index is -0.311. The first kappa shape index (κ1) is 17.0. The second-order valence-corrected chi connectivity index (χ2v) is 7.72. The van der Waals surface area contributed by atoms with Crippen molar-refractivity contribution in [2.75, 3.05) is 0 Å². The molecule has 1 aliphatic heterocycles. The van der Waals surface area contributed by atoms with Crippen molar-refractivity contribution in [3.63, 3.8) is 0 Å². The van der Waals surface area contributed by atoms with Gasteiger partial charge in [0.25, 0.3) is 0 Å². The number of esters is 2. The lowest BCUT2D eigenvalue weighted by atomic mass is 9.82. The van der Waals surface area contributed by atoms with Crippen LogP contribution in [0.25, 0.3) is 0 Å². The average molecular weight is 330 g/mol. The first-order valence-electron chi connectivity index (χ1n) is 8.75. The fourth-order valence-corrected chi connectivity index (χ4v) is 4.35. The van der Waals surface area contributed by atoms with Crippen molar-refractivity contribution in [1.82, 2.24) is 0 Å². The molecular formula is C20H26O4. The van der Waals surface area contributed by atoms with E-state index in [-0.39, 0.29) is 47.8 Å². The van der Waals surface area contributed by atoms with Crippen LogP contribution in [0.5, 0.6) is 0 Å². The van der Waals surface area contributed by atoms with Gasteiger partial charge in [-0.1, -0.05) is 39.2 Å². The van der Waals surface area contributed by atoms with Crippen molar-refractivity contribution in [1.29, 1.82) is 0 Å². The normalized spacial score (nSPS) is 35.5. The molecule has 0 aromatic heterocycles.